The van der Waals surface area contributed by atoms with Crippen LogP contribution in [0, 0.1) is 0 Å². The number of methoxy groups -OCH3 is 1. The van der Waals surface area contributed by atoms with E-state index in [-0.39, 0.29) is 6.42 Å². The highest BCUT2D eigenvalue weighted by Crippen LogP contribution is 2.53. The zero-order valence-corrected chi connectivity index (χ0v) is 19.7. The van der Waals surface area contributed by atoms with E-state index < -0.39 is 11.6 Å². The molecule has 0 saturated heterocycles. The number of aromatic nitrogens is 2. The molecule has 1 heterocycles. The topological polar surface area (TPSA) is 73.6 Å². The quantitative estimate of drug-likeness (QED) is 0.320. The minimum Gasteiger partial charge on any atom is -0.497 e. The van der Waals surface area contributed by atoms with E-state index in [2.05, 4.69) is 65.6 Å². The number of carbonyl (C=O) groups is 1. The van der Waals surface area contributed by atoms with E-state index in [1.165, 1.54) is 11.1 Å². The van der Waals surface area contributed by atoms with Gasteiger partial charge in [-0.05, 0) is 35.2 Å². The van der Waals surface area contributed by atoms with E-state index in [1.807, 2.05) is 22.9 Å². The van der Waals surface area contributed by atoms with Gasteiger partial charge in [0.05, 0.1) is 20.1 Å². The molecule has 35 heavy (non-hydrogen) atoms. The molecule has 1 aliphatic carbocycles. The van der Waals surface area contributed by atoms with Gasteiger partial charge in [-0.15, -0.1) is 0 Å². The first-order valence-corrected chi connectivity index (χ1v) is 11.8. The first-order chi connectivity index (χ1) is 17.1. The summed E-state index contributed by atoms with van der Waals surface area (Å²) in [4.78, 5) is 15.3. The van der Waals surface area contributed by atoms with E-state index in [1.54, 1.807) is 13.3 Å². The van der Waals surface area contributed by atoms with Crippen molar-refractivity contribution in [2.45, 2.75) is 31.4 Å². The van der Waals surface area contributed by atoms with Crippen LogP contribution < -0.4 is 4.74 Å². The third-order valence-electron chi connectivity index (χ3n) is 6.63. The third-order valence-corrected chi connectivity index (χ3v) is 6.63. The lowest BCUT2D eigenvalue weighted by Crippen LogP contribution is -2.31. The number of carboxylic acids is 1. The van der Waals surface area contributed by atoms with Crippen molar-refractivity contribution in [3.8, 4) is 16.9 Å². The van der Waals surface area contributed by atoms with E-state index in [0.717, 1.165) is 34.7 Å². The smallest absolute Gasteiger partial charge is 0.303 e. The molecule has 0 saturated carbocycles. The molecule has 6 nitrogen and oxygen atoms in total. The van der Waals surface area contributed by atoms with Crippen LogP contribution in [0.4, 0.5) is 0 Å². The lowest BCUT2D eigenvalue weighted by molar-refractivity contribution is -0.137. The van der Waals surface area contributed by atoms with Crippen molar-refractivity contribution in [1.29, 1.82) is 0 Å². The average molecular weight is 469 g/mol. The fourth-order valence-corrected chi connectivity index (χ4v) is 5.02. The number of hydrogen-bond donors (Lipinski definition) is 1. The van der Waals surface area contributed by atoms with Gasteiger partial charge in [0.1, 0.15) is 17.2 Å². The Labute approximate surface area is 204 Å². The largest absolute Gasteiger partial charge is 0.497 e. The molecule has 5 rings (SSSR count). The predicted molar refractivity (Wildman–Crippen MR) is 134 cm³/mol. The molecule has 0 radical (unpaired) electrons. The molecule has 0 bridgehead atoms. The molecule has 0 fully saturated rings. The van der Waals surface area contributed by atoms with E-state index in [4.69, 9.17) is 14.6 Å². The van der Waals surface area contributed by atoms with Gasteiger partial charge >= 0.3 is 5.97 Å². The summed E-state index contributed by atoms with van der Waals surface area (Å²) in [6, 6.07) is 25.0. The first kappa shape index (κ1) is 22.9. The van der Waals surface area contributed by atoms with Crippen LogP contribution in [-0.4, -0.2) is 34.3 Å². The molecule has 178 valence electrons. The van der Waals surface area contributed by atoms with Crippen molar-refractivity contribution in [2.24, 2.45) is 0 Å². The van der Waals surface area contributed by atoms with Gasteiger partial charge in [-0.1, -0.05) is 60.7 Å². The maximum Gasteiger partial charge on any atom is 0.303 e. The summed E-state index contributed by atoms with van der Waals surface area (Å²) in [6.07, 6.45) is 4.87. The highest BCUT2D eigenvalue weighted by Gasteiger charge is 2.45. The van der Waals surface area contributed by atoms with Gasteiger partial charge < -0.3 is 19.1 Å². The van der Waals surface area contributed by atoms with E-state index >= 15 is 0 Å². The molecule has 0 amide bonds. The zero-order valence-electron chi connectivity index (χ0n) is 19.7. The number of aryl methyl sites for hydroxylation is 2. The van der Waals surface area contributed by atoms with Crippen molar-refractivity contribution >= 4 is 5.97 Å². The molecule has 0 spiro atoms. The Morgan fingerprint density at radius 2 is 1.63 bits per heavy atom. The molecule has 1 N–H and O–H groups in total. The average Bonchev–Trinajstić information content (AvgIpc) is 3.46. The van der Waals surface area contributed by atoms with Gasteiger partial charge in [-0.2, -0.15) is 0 Å². The number of fused-ring (bicyclic) bond motifs is 3. The SMILES string of the molecule is COc1ccc(C2(OCCCn3ccnc3CCC(=O)O)c3ccccc3-c3ccccc32)cc1. The Balaban J connectivity index is 1.45. The summed E-state index contributed by atoms with van der Waals surface area (Å²) in [5.74, 6) is 0.772. The molecule has 0 aliphatic heterocycles. The molecule has 4 aromatic rings. The van der Waals surface area contributed by atoms with Crippen molar-refractivity contribution in [3.05, 3.63) is 108 Å². The molecule has 6 heteroatoms. The summed E-state index contributed by atoms with van der Waals surface area (Å²) < 4.78 is 14.3. The second-order valence-electron chi connectivity index (χ2n) is 8.63. The van der Waals surface area contributed by atoms with Crippen molar-refractivity contribution in [2.75, 3.05) is 13.7 Å². The molecule has 0 unspecified atom stereocenters. The van der Waals surface area contributed by atoms with Crippen molar-refractivity contribution in [3.63, 3.8) is 0 Å². The van der Waals surface area contributed by atoms with Crippen molar-refractivity contribution in [1.82, 2.24) is 9.55 Å². The number of carboxylic acid groups (broad SMARTS) is 1. The lowest BCUT2D eigenvalue weighted by atomic mass is 9.84. The van der Waals surface area contributed by atoms with Crippen LogP contribution in [0.3, 0.4) is 0 Å². The van der Waals surface area contributed by atoms with Crippen molar-refractivity contribution < 1.29 is 19.4 Å². The molecule has 1 aromatic heterocycles. The highest BCUT2D eigenvalue weighted by atomic mass is 16.5. The second kappa shape index (κ2) is 9.76. The summed E-state index contributed by atoms with van der Waals surface area (Å²) in [6.45, 7) is 1.22. The van der Waals surface area contributed by atoms with Gasteiger partial charge in [0, 0.05) is 36.5 Å². The Kier molecular flexibility index (Phi) is 6.38. The standard InChI is InChI=1S/C29H28N2O4/c1-34-22-13-11-21(12-14-22)29(25-9-4-2-7-23(25)24-8-3-5-10-26(24)29)35-20-6-18-31-19-17-30-27(31)15-16-28(32)33/h2-5,7-14,17,19H,6,15-16,18,20H2,1H3,(H,32,33). The normalized spacial score (nSPS) is 13.3. The van der Waals surface area contributed by atoms with Crippen LogP contribution in [0.5, 0.6) is 5.75 Å². The molecule has 0 atom stereocenters. The van der Waals surface area contributed by atoms with Crippen LogP contribution in [0.1, 0.15) is 35.4 Å². The zero-order chi connectivity index (χ0) is 24.3. The second-order valence-corrected chi connectivity index (χ2v) is 8.63. The molecular formula is C29H28N2O4. The number of ether oxygens (including phenoxy) is 2. The van der Waals surface area contributed by atoms with Gasteiger partial charge in [-0.25, -0.2) is 4.98 Å². The number of aliphatic carboxylic acids is 1. The summed E-state index contributed by atoms with van der Waals surface area (Å²) >= 11 is 0. The first-order valence-electron chi connectivity index (χ1n) is 11.8. The highest BCUT2D eigenvalue weighted by molar-refractivity contribution is 5.82. The van der Waals surface area contributed by atoms with Crippen LogP contribution in [-0.2, 0) is 28.1 Å². The Morgan fingerprint density at radius 3 is 2.26 bits per heavy atom. The Morgan fingerprint density at radius 1 is 0.971 bits per heavy atom. The lowest BCUT2D eigenvalue weighted by Gasteiger charge is -2.33. The summed E-state index contributed by atoms with van der Waals surface area (Å²) in [5, 5.41) is 9.00. The number of imidazole rings is 1. The van der Waals surface area contributed by atoms with Gasteiger partial charge in [0.25, 0.3) is 0 Å². The number of hydrogen-bond acceptors (Lipinski definition) is 4. The predicted octanol–water partition coefficient (Wildman–Crippen LogP) is 5.29. The maximum atomic E-state index is 11.0. The molecule has 1 aliphatic rings. The van der Waals surface area contributed by atoms with Gasteiger partial charge in [-0.3, -0.25) is 4.79 Å². The van der Waals surface area contributed by atoms with Crippen LogP contribution in [0.25, 0.3) is 11.1 Å². The number of rotatable bonds is 10. The fourth-order valence-electron chi connectivity index (χ4n) is 5.02. The monoisotopic (exact) mass is 468 g/mol. The van der Waals surface area contributed by atoms with Crippen LogP contribution >= 0.6 is 0 Å². The Bertz CT molecular complexity index is 1280. The molecular weight excluding hydrogens is 440 g/mol. The third kappa shape index (κ3) is 4.21. The molecule has 3 aromatic carbocycles. The number of nitrogens with zero attached hydrogens (tertiary/aromatic N) is 2. The minimum absolute atomic E-state index is 0.0711. The summed E-state index contributed by atoms with van der Waals surface area (Å²) in [7, 11) is 1.67. The minimum atomic E-state index is -0.817. The van der Waals surface area contributed by atoms with Crippen LogP contribution in [0.15, 0.2) is 85.2 Å². The van der Waals surface area contributed by atoms with E-state index in [0.29, 0.717) is 19.6 Å². The van der Waals surface area contributed by atoms with Gasteiger partial charge in [0.2, 0.25) is 0 Å². The maximum absolute atomic E-state index is 11.0. The fraction of sp³-hybridized carbons (Fsp3) is 0.241. The van der Waals surface area contributed by atoms with E-state index in [9.17, 15) is 4.79 Å². The van der Waals surface area contributed by atoms with Gasteiger partial charge in [0.15, 0.2) is 0 Å². The van der Waals surface area contributed by atoms with Crippen LogP contribution in [0.2, 0.25) is 0 Å². The Hall–Kier alpha value is -3.90. The summed E-state index contributed by atoms with van der Waals surface area (Å²) in [5.41, 5.74) is 4.97. The number of benzene rings is 3.